The van der Waals surface area contributed by atoms with E-state index in [1.165, 1.54) is 19.2 Å². The van der Waals surface area contributed by atoms with Crippen LogP contribution in [-0.4, -0.2) is 90.5 Å². The van der Waals surface area contributed by atoms with Gasteiger partial charge in [0.15, 0.2) is 11.7 Å². The van der Waals surface area contributed by atoms with E-state index < -0.39 is 5.83 Å². The molecule has 32 heavy (non-hydrogen) atoms. The highest BCUT2D eigenvalue weighted by molar-refractivity contribution is 6.06. The number of piperazine rings is 1. The molecule has 0 radical (unpaired) electrons. The monoisotopic (exact) mass is 450 g/mol. The summed E-state index contributed by atoms with van der Waals surface area (Å²) in [6.45, 7) is 20.1. The maximum absolute atomic E-state index is 14.9. The highest BCUT2D eigenvalue weighted by Gasteiger charge is 2.48. The molecule has 2 saturated heterocycles. The Morgan fingerprint density at radius 3 is 2.44 bits per heavy atom. The molecule has 0 N–H and O–H groups in total. The van der Waals surface area contributed by atoms with Gasteiger partial charge >= 0.3 is 0 Å². The lowest BCUT2D eigenvalue weighted by Crippen LogP contribution is -2.66. The van der Waals surface area contributed by atoms with Crippen LogP contribution >= 0.6 is 0 Å². The van der Waals surface area contributed by atoms with Crippen LogP contribution in [0.5, 0.6) is 0 Å². The van der Waals surface area contributed by atoms with Crippen LogP contribution < -0.4 is 0 Å². The van der Waals surface area contributed by atoms with Crippen molar-refractivity contribution >= 4 is 11.7 Å². The molecule has 2 aliphatic rings. The van der Waals surface area contributed by atoms with Gasteiger partial charge in [-0.1, -0.05) is 33.4 Å². The predicted octanol–water partition coefficient (Wildman–Crippen LogP) is 3.89. The van der Waals surface area contributed by atoms with Gasteiger partial charge in [-0.05, 0) is 38.7 Å². The van der Waals surface area contributed by atoms with Gasteiger partial charge in [0, 0.05) is 64.9 Å². The number of rotatable bonds is 8. The molecule has 0 aromatic carbocycles. The fraction of sp³-hybridized carbons (Fsp3) is 0.760. The summed E-state index contributed by atoms with van der Waals surface area (Å²) in [7, 11) is 1.53. The van der Waals surface area contributed by atoms with Crippen LogP contribution in [0.3, 0.4) is 0 Å². The Kier molecular flexibility index (Phi) is 9.61. The van der Waals surface area contributed by atoms with E-state index in [0.29, 0.717) is 25.5 Å². The number of hydrogen-bond donors (Lipinski definition) is 0. The summed E-state index contributed by atoms with van der Waals surface area (Å²) in [4.78, 5) is 23.8. The molecule has 0 bridgehead atoms. The van der Waals surface area contributed by atoms with Crippen LogP contribution in [0.2, 0.25) is 0 Å². The molecule has 0 aromatic heterocycles. The molecule has 0 saturated carbocycles. The van der Waals surface area contributed by atoms with Crippen molar-refractivity contribution in [2.24, 2.45) is 10.9 Å². The fourth-order valence-electron chi connectivity index (χ4n) is 5.18. The first kappa shape index (κ1) is 26.7. The predicted molar refractivity (Wildman–Crippen MR) is 130 cm³/mol. The Labute approximate surface area is 194 Å². The number of carbonyl (C=O) groups excluding carboxylic acids is 1. The van der Waals surface area contributed by atoms with Crippen molar-refractivity contribution in [3.63, 3.8) is 0 Å². The zero-order chi connectivity index (χ0) is 23.9. The Bertz CT molecular complexity index is 711. The first-order chi connectivity index (χ1) is 15.1. The van der Waals surface area contributed by atoms with Gasteiger partial charge in [-0.3, -0.25) is 19.6 Å². The van der Waals surface area contributed by atoms with E-state index in [1.54, 1.807) is 4.90 Å². The highest BCUT2D eigenvalue weighted by atomic mass is 19.1. The Balaban J connectivity index is 2.37. The third kappa shape index (κ3) is 6.72. The molecular weight excluding hydrogens is 407 g/mol. The van der Waals surface area contributed by atoms with E-state index in [9.17, 15) is 9.18 Å². The second-order valence-electron chi connectivity index (χ2n) is 10.1. The maximum atomic E-state index is 14.9. The topological polar surface area (TPSA) is 48.4 Å². The molecule has 2 aliphatic heterocycles. The first-order valence-electron chi connectivity index (χ1n) is 11.9. The average Bonchev–Trinajstić information content (AvgIpc) is 2.72. The molecule has 1 atom stereocenters. The minimum absolute atomic E-state index is 0.0823. The first-order valence-corrected chi connectivity index (χ1v) is 11.9. The summed E-state index contributed by atoms with van der Waals surface area (Å²) < 4.78 is 20.9. The third-order valence-corrected chi connectivity index (χ3v) is 6.48. The number of hydrogen-bond acceptors (Lipinski definition) is 5. The summed E-state index contributed by atoms with van der Waals surface area (Å²) in [5.74, 6) is 0.0601. The minimum Gasteiger partial charge on any atom is -0.375 e. The number of allylic oxidation sites excluding steroid dienone is 2. The van der Waals surface area contributed by atoms with Crippen LogP contribution in [0.15, 0.2) is 29.6 Å². The van der Waals surface area contributed by atoms with Crippen LogP contribution in [0, 0.1) is 5.92 Å². The molecule has 2 rings (SSSR count). The highest BCUT2D eigenvalue weighted by Crippen LogP contribution is 2.38. The van der Waals surface area contributed by atoms with Gasteiger partial charge in [0.05, 0.1) is 5.60 Å². The minimum atomic E-state index is -0.535. The molecule has 182 valence electrons. The summed E-state index contributed by atoms with van der Waals surface area (Å²) in [5, 5.41) is 0. The van der Waals surface area contributed by atoms with Crippen molar-refractivity contribution in [1.82, 2.24) is 14.7 Å². The van der Waals surface area contributed by atoms with E-state index in [1.807, 2.05) is 6.92 Å². The number of halogens is 1. The largest absolute Gasteiger partial charge is 0.375 e. The maximum Gasteiger partial charge on any atom is 0.227 e. The van der Waals surface area contributed by atoms with Crippen LogP contribution in [0.1, 0.15) is 53.9 Å². The van der Waals surface area contributed by atoms with Crippen molar-refractivity contribution in [2.75, 3.05) is 52.9 Å². The van der Waals surface area contributed by atoms with Gasteiger partial charge in [-0.15, -0.1) is 0 Å². The Hall–Kier alpha value is -1.57. The number of amidine groups is 1. The van der Waals surface area contributed by atoms with Gasteiger partial charge in [0.2, 0.25) is 5.91 Å². The summed E-state index contributed by atoms with van der Waals surface area (Å²) in [6, 6.07) is 0. The number of carbonyl (C=O) groups is 1. The van der Waals surface area contributed by atoms with Crippen LogP contribution in [-0.2, 0) is 9.53 Å². The van der Waals surface area contributed by atoms with E-state index in [4.69, 9.17) is 4.74 Å². The number of nitrogens with zero attached hydrogens (tertiary/aromatic N) is 4. The zero-order valence-electron chi connectivity index (χ0n) is 21.0. The summed E-state index contributed by atoms with van der Waals surface area (Å²) in [6.07, 6.45) is 4.53. The lowest BCUT2D eigenvalue weighted by molar-refractivity contribution is -0.142. The molecule has 1 unspecified atom stereocenters. The molecule has 2 heterocycles. The average molecular weight is 451 g/mol. The second kappa shape index (κ2) is 11.5. The lowest BCUT2D eigenvalue weighted by atomic mass is 9.78. The van der Waals surface area contributed by atoms with E-state index >= 15 is 0 Å². The van der Waals surface area contributed by atoms with Crippen LogP contribution in [0.25, 0.3) is 0 Å². The van der Waals surface area contributed by atoms with Crippen molar-refractivity contribution in [2.45, 2.75) is 65.0 Å². The SMILES string of the molecule is C=C/C=C(F)\C(=N/C)N(CC1(N2CCN(CC(C)C)CC2)CCOC(C)(C)C1)C(=O)CC. The number of amides is 1. The van der Waals surface area contributed by atoms with Gasteiger partial charge in [0.1, 0.15) is 0 Å². The second-order valence-corrected chi connectivity index (χ2v) is 10.1. The van der Waals surface area contributed by atoms with Gasteiger partial charge in [-0.2, -0.15) is 0 Å². The smallest absolute Gasteiger partial charge is 0.227 e. The van der Waals surface area contributed by atoms with Gasteiger partial charge < -0.3 is 9.64 Å². The molecule has 0 aromatic rings. The molecule has 6 nitrogen and oxygen atoms in total. The van der Waals surface area contributed by atoms with E-state index in [-0.39, 0.29) is 22.9 Å². The van der Waals surface area contributed by atoms with Crippen molar-refractivity contribution in [1.29, 1.82) is 0 Å². The Morgan fingerprint density at radius 1 is 1.28 bits per heavy atom. The van der Waals surface area contributed by atoms with Crippen molar-refractivity contribution in [3.8, 4) is 0 Å². The Morgan fingerprint density at radius 2 is 1.94 bits per heavy atom. The summed E-state index contributed by atoms with van der Waals surface area (Å²) >= 11 is 0. The molecule has 2 fully saturated rings. The normalized spacial score (nSPS) is 25.8. The quantitative estimate of drug-likeness (QED) is 0.320. The van der Waals surface area contributed by atoms with Gasteiger partial charge in [0.25, 0.3) is 0 Å². The molecule has 1 amide bonds. The number of ether oxygens (including phenoxy) is 1. The van der Waals surface area contributed by atoms with E-state index in [2.05, 4.69) is 49.1 Å². The fourth-order valence-corrected chi connectivity index (χ4v) is 5.18. The molecular formula is C25H43FN4O2. The lowest BCUT2D eigenvalue weighted by Gasteiger charge is -2.54. The molecule has 7 heteroatoms. The standard InChI is InChI=1S/C25H43FN4O2/c1-8-10-21(26)23(27-7)30(22(31)9-2)19-25(11-16-32-24(5,6)18-25)29-14-12-28(13-15-29)17-20(3)4/h8,10,20H,1,9,11-19H2,2-7H3/b21-10+,27-23+. The zero-order valence-corrected chi connectivity index (χ0v) is 21.0. The van der Waals surface area contributed by atoms with Gasteiger partial charge in [-0.25, -0.2) is 4.39 Å². The van der Waals surface area contributed by atoms with E-state index in [0.717, 1.165) is 45.6 Å². The molecule has 0 aliphatic carbocycles. The van der Waals surface area contributed by atoms with Crippen molar-refractivity contribution < 1.29 is 13.9 Å². The van der Waals surface area contributed by atoms with Crippen LogP contribution in [0.4, 0.5) is 4.39 Å². The number of aliphatic imine (C=N–C) groups is 1. The summed E-state index contributed by atoms with van der Waals surface area (Å²) in [5.41, 5.74) is -0.603. The van der Waals surface area contributed by atoms with Crippen molar-refractivity contribution in [3.05, 3.63) is 24.6 Å². The third-order valence-electron chi connectivity index (χ3n) is 6.48. The molecule has 0 spiro atoms.